The molecule has 0 bridgehead atoms. The Morgan fingerprint density at radius 2 is 1.56 bits per heavy atom. The number of nitrogens with zero attached hydrogens (tertiary/aromatic N) is 2. The molecule has 0 radical (unpaired) electrons. The van der Waals surface area contributed by atoms with E-state index in [9.17, 15) is 0 Å². The van der Waals surface area contributed by atoms with E-state index in [1.807, 2.05) is 48.5 Å². The predicted molar refractivity (Wildman–Crippen MR) is 107 cm³/mol. The van der Waals surface area contributed by atoms with Gasteiger partial charge in [0, 0.05) is 24.3 Å². The van der Waals surface area contributed by atoms with E-state index >= 15 is 0 Å². The number of aromatic nitrogens is 2. The molecule has 0 saturated carbocycles. The van der Waals surface area contributed by atoms with Crippen LogP contribution in [0.25, 0.3) is 33.6 Å². The molecule has 0 fully saturated rings. The van der Waals surface area contributed by atoms with Crippen LogP contribution < -0.4 is 5.32 Å². The Balaban J connectivity index is 1.88. The van der Waals surface area contributed by atoms with Crippen LogP contribution in [0.1, 0.15) is 12.8 Å². The lowest BCUT2D eigenvalue weighted by atomic mass is 9.99. The highest BCUT2D eigenvalue weighted by atomic mass is 16.3. The van der Waals surface area contributed by atoms with Gasteiger partial charge in [0.15, 0.2) is 0 Å². The van der Waals surface area contributed by atoms with E-state index in [4.69, 9.17) is 9.52 Å². The van der Waals surface area contributed by atoms with E-state index in [-0.39, 0.29) is 6.61 Å². The highest BCUT2D eigenvalue weighted by molar-refractivity contribution is 6.05. The van der Waals surface area contributed by atoms with Crippen LogP contribution in [0.4, 0.5) is 5.82 Å². The van der Waals surface area contributed by atoms with Crippen LogP contribution in [-0.4, -0.2) is 28.2 Å². The minimum absolute atomic E-state index is 0.194. The van der Waals surface area contributed by atoms with Gasteiger partial charge >= 0.3 is 0 Å². The third-order valence-corrected chi connectivity index (χ3v) is 4.46. The fourth-order valence-electron chi connectivity index (χ4n) is 3.18. The molecule has 0 atom stereocenters. The summed E-state index contributed by atoms with van der Waals surface area (Å²) in [5.41, 5.74) is 3.61. The molecular weight excluding hydrogens is 338 g/mol. The van der Waals surface area contributed by atoms with Crippen LogP contribution in [-0.2, 0) is 0 Å². The number of unbranched alkanes of at least 4 members (excludes halogenated alkanes) is 1. The maximum absolute atomic E-state index is 8.99. The van der Waals surface area contributed by atoms with Crippen molar-refractivity contribution in [1.82, 2.24) is 9.97 Å². The zero-order chi connectivity index (χ0) is 18.5. The molecule has 2 aromatic carbocycles. The Morgan fingerprint density at radius 1 is 0.852 bits per heavy atom. The molecule has 4 rings (SSSR count). The Kier molecular flexibility index (Phi) is 5.12. The third kappa shape index (κ3) is 3.55. The van der Waals surface area contributed by atoms with Crippen molar-refractivity contribution < 1.29 is 9.52 Å². The standard InChI is InChI=1S/C22H21N3O2/c26-14-8-7-13-23-21-19-18(16-9-3-1-4-10-16)20(17-11-5-2-6-12-17)27-22(19)25-15-24-21/h1-6,9-12,15,26H,7-8,13-14H2,(H,23,24,25). The number of nitrogens with one attached hydrogen (secondary N) is 1. The summed E-state index contributed by atoms with van der Waals surface area (Å²) in [5, 5.41) is 13.2. The lowest BCUT2D eigenvalue weighted by Gasteiger charge is -2.08. The second-order valence-corrected chi connectivity index (χ2v) is 6.30. The largest absolute Gasteiger partial charge is 0.437 e. The van der Waals surface area contributed by atoms with Crippen molar-refractivity contribution >= 4 is 16.9 Å². The summed E-state index contributed by atoms with van der Waals surface area (Å²) < 4.78 is 6.18. The molecule has 136 valence electrons. The van der Waals surface area contributed by atoms with Gasteiger partial charge in [-0.1, -0.05) is 60.7 Å². The van der Waals surface area contributed by atoms with Gasteiger partial charge < -0.3 is 14.8 Å². The Morgan fingerprint density at radius 3 is 2.26 bits per heavy atom. The summed E-state index contributed by atoms with van der Waals surface area (Å²) in [7, 11) is 0. The summed E-state index contributed by atoms with van der Waals surface area (Å²) in [6.45, 7) is 0.923. The summed E-state index contributed by atoms with van der Waals surface area (Å²) in [4.78, 5) is 8.81. The van der Waals surface area contributed by atoms with Gasteiger partial charge in [0.25, 0.3) is 0 Å². The zero-order valence-corrected chi connectivity index (χ0v) is 14.9. The van der Waals surface area contributed by atoms with Gasteiger partial charge in [-0.3, -0.25) is 0 Å². The van der Waals surface area contributed by atoms with Crippen molar-refractivity contribution in [2.45, 2.75) is 12.8 Å². The van der Waals surface area contributed by atoms with Gasteiger partial charge in [-0.05, 0) is 18.4 Å². The lowest BCUT2D eigenvalue weighted by molar-refractivity contribution is 0.286. The van der Waals surface area contributed by atoms with Crippen molar-refractivity contribution in [3.63, 3.8) is 0 Å². The molecule has 2 aromatic heterocycles. The first-order valence-electron chi connectivity index (χ1n) is 9.11. The van der Waals surface area contributed by atoms with E-state index in [0.29, 0.717) is 5.71 Å². The second kappa shape index (κ2) is 8.01. The van der Waals surface area contributed by atoms with Crippen molar-refractivity contribution in [3.05, 3.63) is 67.0 Å². The fraction of sp³-hybridized carbons (Fsp3) is 0.182. The van der Waals surface area contributed by atoms with Crippen molar-refractivity contribution in [2.75, 3.05) is 18.5 Å². The van der Waals surface area contributed by atoms with Crippen LogP contribution in [0.2, 0.25) is 0 Å². The van der Waals surface area contributed by atoms with Gasteiger partial charge in [0.2, 0.25) is 5.71 Å². The molecule has 2 heterocycles. The normalized spacial score (nSPS) is 11.0. The molecule has 2 N–H and O–H groups in total. The first-order valence-corrected chi connectivity index (χ1v) is 9.11. The number of aliphatic hydroxyl groups excluding tert-OH is 1. The summed E-state index contributed by atoms with van der Waals surface area (Å²) in [6, 6.07) is 20.2. The molecule has 5 heteroatoms. The minimum Gasteiger partial charge on any atom is -0.437 e. The van der Waals surface area contributed by atoms with Gasteiger partial charge in [-0.2, -0.15) is 0 Å². The zero-order valence-electron chi connectivity index (χ0n) is 14.9. The number of hydrogen-bond donors (Lipinski definition) is 2. The van der Waals surface area contributed by atoms with Gasteiger partial charge in [0.05, 0.1) is 5.39 Å². The number of aliphatic hydroxyl groups is 1. The van der Waals surface area contributed by atoms with Crippen LogP contribution >= 0.6 is 0 Å². The molecule has 4 aromatic rings. The molecule has 0 aliphatic heterocycles. The van der Waals surface area contributed by atoms with Gasteiger partial charge in [0.1, 0.15) is 17.9 Å². The lowest BCUT2D eigenvalue weighted by Crippen LogP contribution is -2.05. The molecule has 0 aliphatic rings. The van der Waals surface area contributed by atoms with Crippen molar-refractivity contribution in [1.29, 1.82) is 0 Å². The van der Waals surface area contributed by atoms with Gasteiger partial charge in [-0.25, -0.2) is 9.97 Å². The van der Waals surface area contributed by atoms with Crippen LogP contribution in [0.3, 0.4) is 0 Å². The number of hydrogen-bond acceptors (Lipinski definition) is 5. The molecule has 0 aliphatic carbocycles. The molecule has 27 heavy (non-hydrogen) atoms. The van der Waals surface area contributed by atoms with E-state index < -0.39 is 0 Å². The topological polar surface area (TPSA) is 71.2 Å². The Bertz CT molecular complexity index is 1010. The van der Waals surface area contributed by atoms with E-state index in [2.05, 4.69) is 27.4 Å². The van der Waals surface area contributed by atoms with E-state index in [1.54, 1.807) is 0 Å². The first kappa shape index (κ1) is 17.2. The Labute approximate surface area is 157 Å². The average Bonchev–Trinajstić information content (AvgIpc) is 3.13. The summed E-state index contributed by atoms with van der Waals surface area (Å²) in [5.74, 6) is 1.54. The third-order valence-electron chi connectivity index (χ3n) is 4.46. The maximum atomic E-state index is 8.99. The van der Waals surface area contributed by atoms with E-state index in [0.717, 1.165) is 53.0 Å². The smallest absolute Gasteiger partial charge is 0.232 e. The molecule has 0 unspecified atom stereocenters. The first-order chi connectivity index (χ1) is 13.4. The monoisotopic (exact) mass is 359 g/mol. The predicted octanol–water partition coefficient (Wildman–Crippen LogP) is 4.74. The molecular formula is C22H21N3O2. The number of furan rings is 1. The number of rotatable bonds is 7. The van der Waals surface area contributed by atoms with Crippen LogP contribution in [0.15, 0.2) is 71.4 Å². The van der Waals surface area contributed by atoms with Crippen molar-refractivity contribution in [3.8, 4) is 22.5 Å². The SMILES string of the molecule is OCCCCNc1ncnc2oc(-c3ccccc3)c(-c3ccccc3)c12. The average molecular weight is 359 g/mol. The number of benzene rings is 2. The highest BCUT2D eigenvalue weighted by Gasteiger charge is 2.21. The molecule has 5 nitrogen and oxygen atoms in total. The summed E-state index contributed by atoms with van der Waals surface area (Å²) in [6.07, 6.45) is 3.14. The number of fused-ring (bicyclic) bond motifs is 1. The van der Waals surface area contributed by atoms with Crippen LogP contribution in [0, 0.1) is 0 Å². The van der Waals surface area contributed by atoms with Crippen molar-refractivity contribution in [2.24, 2.45) is 0 Å². The molecule has 0 saturated heterocycles. The highest BCUT2D eigenvalue weighted by Crippen LogP contribution is 2.42. The fourth-order valence-corrected chi connectivity index (χ4v) is 3.18. The maximum Gasteiger partial charge on any atom is 0.232 e. The van der Waals surface area contributed by atoms with E-state index in [1.165, 1.54) is 6.33 Å². The quantitative estimate of drug-likeness (QED) is 0.466. The second-order valence-electron chi connectivity index (χ2n) is 6.30. The minimum atomic E-state index is 0.194. The van der Waals surface area contributed by atoms with Gasteiger partial charge in [-0.15, -0.1) is 0 Å². The number of anilines is 1. The Hall–Kier alpha value is -3.18. The summed E-state index contributed by atoms with van der Waals surface area (Å²) >= 11 is 0. The van der Waals surface area contributed by atoms with Crippen LogP contribution in [0.5, 0.6) is 0 Å². The molecule has 0 amide bonds. The molecule has 0 spiro atoms.